The minimum absolute atomic E-state index is 0.118. The first-order valence-corrected chi connectivity index (χ1v) is 17.3. The van der Waals surface area contributed by atoms with E-state index in [9.17, 15) is 14.7 Å². The van der Waals surface area contributed by atoms with Crippen molar-refractivity contribution in [2.24, 2.45) is 4.99 Å². The second kappa shape index (κ2) is 16.4. The molecular formula is C39H46ClN7O3. The Hall–Kier alpha value is -4.64. The van der Waals surface area contributed by atoms with Crippen molar-refractivity contribution >= 4 is 34.8 Å². The van der Waals surface area contributed by atoms with Crippen molar-refractivity contribution in [1.29, 1.82) is 0 Å². The normalized spacial score (nSPS) is 13.8. The minimum atomic E-state index is -0.342. The maximum atomic E-state index is 14.2. The quantitative estimate of drug-likeness (QED) is 0.206. The number of aromatic nitrogens is 3. The lowest BCUT2D eigenvalue weighted by Crippen LogP contribution is -2.39. The molecule has 2 aromatic heterocycles. The predicted octanol–water partition coefficient (Wildman–Crippen LogP) is 6.41. The molecule has 2 aliphatic heterocycles. The molecule has 4 heterocycles. The largest absolute Gasteiger partial charge is 0.395 e. The first kappa shape index (κ1) is 36.6. The summed E-state index contributed by atoms with van der Waals surface area (Å²) >= 11 is 6.31. The molecule has 0 saturated heterocycles. The van der Waals surface area contributed by atoms with E-state index in [-0.39, 0.29) is 24.1 Å². The summed E-state index contributed by atoms with van der Waals surface area (Å²) in [5, 5.41) is 17.6. The van der Waals surface area contributed by atoms with E-state index in [0.717, 1.165) is 53.3 Å². The predicted molar refractivity (Wildman–Crippen MR) is 200 cm³/mol. The van der Waals surface area contributed by atoms with Crippen LogP contribution in [0.2, 0.25) is 5.02 Å². The van der Waals surface area contributed by atoms with Gasteiger partial charge in [-0.3, -0.25) is 24.5 Å². The van der Waals surface area contributed by atoms with Crippen molar-refractivity contribution in [3.8, 4) is 5.69 Å². The Bertz CT molecular complexity index is 1920. The third-order valence-corrected chi connectivity index (χ3v) is 8.90. The third kappa shape index (κ3) is 8.74. The minimum Gasteiger partial charge on any atom is -0.395 e. The second-order valence-electron chi connectivity index (χ2n) is 13.2. The SMILES string of the molecule is CC(C)=CN=C(C)C.Cc1cc(C)c(CNC(=O)c2nn(-c3cccc(Cl)c3)c3c2CCN(c2ccc4c(c2)CN(CCO)CC4)C3=O)cn1. The summed E-state index contributed by atoms with van der Waals surface area (Å²) in [5.41, 5.74) is 10.3. The molecule has 2 aromatic carbocycles. The van der Waals surface area contributed by atoms with Gasteiger partial charge >= 0.3 is 0 Å². The van der Waals surface area contributed by atoms with Gasteiger partial charge in [0.2, 0.25) is 0 Å². The van der Waals surface area contributed by atoms with Gasteiger partial charge in [-0.2, -0.15) is 5.10 Å². The van der Waals surface area contributed by atoms with Gasteiger partial charge in [-0.25, -0.2) is 4.68 Å². The number of amides is 2. The van der Waals surface area contributed by atoms with E-state index in [4.69, 9.17) is 11.6 Å². The number of pyridine rings is 1. The van der Waals surface area contributed by atoms with Crippen LogP contribution >= 0.6 is 11.6 Å². The zero-order chi connectivity index (χ0) is 35.9. The monoisotopic (exact) mass is 695 g/mol. The molecule has 50 heavy (non-hydrogen) atoms. The Labute approximate surface area is 299 Å². The standard InChI is InChI=1S/C32H33ClN6O3.C7H13N/c1-20-14-21(2)34-17-24(20)18-35-31(41)29-28-9-11-38(26-7-6-22-8-10-37(12-13-40)19-23(22)15-26)32(42)30(28)39(36-29)27-5-3-4-25(33)16-27;1-6(2)5-8-7(3)4/h3-7,14-17,40H,8-13,18-19H2,1-2H3,(H,35,41);5H,1-4H3. The Kier molecular flexibility index (Phi) is 12.0. The van der Waals surface area contributed by atoms with Crippen molar-refractivity contribution < 1.29 is 14.7 Å². The maximum Gasteiger partial charge on any atom is 0.277 e. The molecule has 6 rings (SSSR count). The molecule has 0 unspecified atom stereocenters. The summed E-state index contributed by atoms with van der Waals surface area (Å²) in [6, 6.07) is 15.3. The lowest BCUT2D eigenvalue weighted by molar-refractivity contribution is 0.0944. The van der Waals surface area contributed by atoms with Gasteiger partial charge in [-0.1, -0.05) is 29.3 Å². The fraction of sp³-hybridized carbons (Fsp3) is 0.359. The van der Waals surface area contributed by atoms with E-state index in [1.165, 1.54) is 11.1 Å². The number of carbonyl (C=O) groups excluding carboxylic acids is 2. The summed E-state index contributed by atoms with van der Waals surface area (Å²) in [6.07, 6.45) is 5.03. The van der Waals surface area contributed by atoms with Crippen LogP contribution in [-0.4, -0.2) is 68.5 Å². The van der Waals surface area contributed by atoms with Crippen LogP contribution in [0.1, 0.15) is 82.2 Å². The van der Waals surface area contributed by atoms with E-state index in [0.29, 0.717) is 48.0 Å². The number of hydrogen-bond donors (Lipinski definition) is 2. The van der Waals surface area contributed by atoms with E-state index < -0.39 is 0 Å². The molecule has 11 heteroatoms. The topological polar surface area (TPSA) is 116 Å². The molecule has 0 fully saturated rings. The number of allylic oxidation sites excluding steroid dienone is 1. The first-order valence-electron chi connectivity index (χ1n) is 16.9. The van der Waals surface area contributed by atoms with Gasteiger partial charge in [0.15, 0.2) is 5.69 Å². The molecule has 2 N–H and O–H groups in total. The first-order chi connectivity index (χ1) is 23.9. The molecule has 2 aliphatic rings. The van der Waals surface area contributed by atoms with Gasteiger partial charge in [0.25, 0.3) is 11.8 Å². The van der Waals surface area contributed by atoms with Crippen LogP contribution < -0.4 is 10.2 Å². The van der Waals surface area contributed by atoms with Gasteiger partial charge in [0.05, 0.1) is 12.3 Å². The number of aryl methyl sites for hydroxylation is 2. The number of aliphatic hydroxyl groups is 1. The highest BCUT2D eigenvalue weighted by Gasteiger charge is 2.35. The summed E-state index contributed by atoms with van der Waals surface area (Å²) < 4.78 is 1.55. The van der Waals surface area contributed by atoms with Crippen molar-refractivity contribution in [3.63, 3.8) is 0 Å². The number of carbonyl (C=O) groups is 2. The molecular weight excluding hydrogens is 650 g/mol. The fourth-order valence-corrected chi connectivity index (χ4v) is 6.30. The molecule has 0 atom stereocenters. The van der Waals surface area contributed by atoms with Crippen molar-refractivity contribution in [3.05, 3.63) is 116 Å². The summed E-state index contributed by atoms with van der Waals surface area (Å²) in [5.74, 6) is -0.560. The lowest BCUT2D eigenvalue weighted by Gasteiger charge is -2.31. The molecule has 4 aromatic rings. The Morgan fingerprint density at radius 3 is 2.50 bits per heavy atom. The highest BCUT2D eigenvalue weighted by Crippen LogP contribution is 2.32. The molecule has 0 radical (unpaired) electrons. The number of anilines is 1. The van der Waals surface area contributed by atoms with Gasteiger partial charge in [0.1, 0.15) is 5.69 Å². The van der Waals surface area contributed by atoms with E-state index in [2.05, 4.69) is 37.4 Å². The van der Waals surface area contributed by atoms with Crippen molar-refractivity contribution in [1.82, 2.24) is 25.0 Å². The van der Waals surface area contributed by atoms with Crippen LogP contribution in [0.5, 0.6) is 0 Å². The number of rotatable bonds is 8. The second-order valence-corrected chi connectivity index (χ2v) is 13.6. The van der Waals surface area contributed by atoms with Crippen molar-refractivity contribution in [2.45, 2.75) is 67.5 Å². The van der Waals surface area contributed by atoms with Crippen LogP contribution in [0.25, 0.3) is 5.69 Å². The molecule has 0 bridgehead atoms. The number of aliphatic imine (C=N–C) groups is 1. The van der Waals surface area contributed by atoms with Gasteiger partial charge < -0.3 is 15.3 Å². The summed E-state index contributed by atoms with van der Waals surface area (Å²) in [6.45, 7) is 15.1. The molecule has 0 aliphatic carbocycles. The summed E-state index contributed by atoms with van der Waals surface area (Å²) in [7, 11) is 0. The number of hydrogen-bond acceptors (Lipinski definition) is 7. The van der Waals surface area contributed by atoms with E-state index >= 15 is 0 Å². The Balaban J connectivity index is 0.000000544. The molecule has 0 spiro atoms. The Morgan fingerprint density at radius 2 is 1.82 bits per heavy atom. The summed E-state index contributed by atoms with van der Waals surface area (Å²) in [4.78, 5) is 40.1. The van der Waals surface area contributed by atoms with Crippen LogP contribution in [0, 0.1) is 13.8 Å². The average Bonchev–Trinajstić information content (AvgIpc) is 3.48. The number of β-amino-alcohol motifs (C(OH)–C–C–N with tert-alkyl or cyclic N) is 1. The van der Waals surface area contributed by atoms with E-state index in [1.54, 1.807) is 34.0 Å². The zero-order valence-corrected chi connectivity index (χ0v) is 30.5. The van der Waals surface area contributed by atoms with E-state index in [1.807, 2.05) is 65.9 Å². The lowest BCUT2D eigenvalue weighted by atomic mass is 9.97. The van der Waals surface area contributed by atoms with Crippen LogP contribution in [0.4, 0.5) is 5.69 Å². The molecule has 10 nitrogen and oxygen atoms in total. The van der Waals surface area contributed by atoms with Gasteiger partial charge in [-0.05, 0) is 113 Å². The highest BCUT2D eigenvalue weighted by molar-refractivity contribution is 6.30. The van der Waals surface area contributed by atoms with Crippen molar-refractivity contribution in [2.75, 3.05) is 31.1 Å². The van der Waals surface area contributed by atoms with Gasteiger partial charge in [-0.15, -0.1) is 0 Å². The number of benzene rings is 2. The number of nitrogens with one attached hydrogen (secondary N) is 1. The molecule has 2 amide bonds. The van der Waals surface area contributed by atoms with Crippen LogP contribution in [0.15, 0.2) is 71.5 Å². The van der Waals surface area contributed by atoms with Gasteiger partial charge in [0, 0.05) is 72.8 Å². The Morgan fingerprint density at radius 1 is 1.02 bits per heavy atom. The maximum absolute atomic E-state index is 14.2. The number of halogens is 1. The fourth-order valence-electron chi connectivity index (χ4n) is 6.11. The number of fused-ring (bicyclic) bond motifs is 2. The van der Waals surface area contributed by atoms with Crippen LogP contribution in [-0.2, 0) is 25.9 Å². The molecule has 0 saturated carbocycles. The average molecular weight is 696 g/mol. The zero-order valence-electron chi connectivity index (χ0n) is 29.8. The number of nitrogens with zero attached hydrogens (tertiary/aromatic N) is 6. The smallest absolute Gasteiger partial charge is 0.277 e. The number of aliphatic hydroxyl groups excluding tert-OH is 1. The third-order valence-electron chi connectivity index (χ3n) is 8.67. The molecule has 262 valence electrons. The highest BCUT2D eigenvalue weighted by atomic mass is 35.5. The van der Waals surface area contributed by atoms with Crippen LogP contribution in [0.3, 0.4) is 0 Å².